The Morgan fingerprint density at radius 2 is 1.76 bits per heavy atom. The van der Waals surface area contributed by atoms with Crippen molar-refractivity contribution in [3.63, 3.8) is 0 Å². The minimum atomic E-state index is -1.25. The molecule has 3 aliphatic heterocycles. The lowest BCUT2D eigenvalue weighted by atomic mass is 9.76. The summed E-state index contributed by atoms with van der Waals surface area (Å²) in [5.74, 6) is -1.27. The summed E-state index contributed by atoms with van der Waals surface area (Å²) in [7, 11) is 0. The Hall–Kier alpha value is -2.90. The van der Waals surface area contributed by atoms with Crippen molar-refractivity contribution in [1.29, 1.82) is 0 Å². The fourth-order valence-corrected chi connectivity index (χ4v) is 6.19. The number of nitrogens with one attached hydrogen (secondary N) is 1. The lowest BCUT2D eigenvalue weighted by Crippen LogP contribution is -2.55. The molecule has 2 saturated heterocycles. The summed E-state index contributed by atoms with van der Waals surface area (Å²) in [4.78, 5) is 44.8. The van der Waals surface area contributed by atoms with Gasteiger partial charge in [0.15, 0.2) is 0 Å². The molecule has 3 aliphatic rings. The summed E-state index contributed by atoms with van der Waals surface area (Å²) < 4.78 is 0. The lowest BCUT2D eigenvalue weighted by molar-refractivity contribution is -0.132. The molecule has 7 heteroatoms. The summed E-state index contributed by atoms with van der Waals surface area (Å²) in [5, 5.41) is 3.54. The van der Waals surface area contributed by atoms with Crippen LogP contribution in [-0.4, -0.2) is 42.3 Å². The number of anilines is 2. The van der Waals surface area contributed by atoms with Gasteiger partial charge in [0.25, 0.3) is 5.91 Å². The van der Waals surface area contributed by atoms with Gasteiger partial charge in [-0.3, -0.25) is 19.7 Å². The van der Waals surface area contributed by atoms with Crippen molar-refractivity contribution in [3.8, 4) is 0 Å². The molecule has 0 aromatic heterocycles. The number of carbonyl (C=O) groups is 3. The Balaban J connectivity index is 1.67. The minimum absolute atomic E-state index is 0.176. The molecule has 0 saturated carbocycles. The number of carbonyl (C=O) groups excluding carboxylic acids is 3. The van der Waals surface area contributed by atoms with Gasteiger partial charge in [-0.05, 0) is 43.6 Å². The molecule has 0 radical (unpaired) electrons. The molecule has 33 heavy (non-hydrogen) atoms. The van der Waals surface area contributed by atoms with Crippen molar-refractivity contribution in [2.45, 2.75) is 24.9 Å². The van der Waals surface area contributed by atoms with Crippen molar-refractivity contribution in [1.82, 2.24) is 5.32 Å². The average molecular weight is 462 g/mol. The van der Waals surface area contributed by atoms with Gasteiger partial charge in [0.05, 0.1) is 17.5 Å². The van der Waals surface area contributed by atoms with Gasteiger partial charge in [-0.2, -0.15) is 11.8 Å². The number of fused-ring (bicyclic) bond motifs is 4. The van der Waals surface area contributed by atoms with Crippen LogP contribution in [-0.2, 0) is 19.9 Å². The number of imide groups is 1. The van der Waals surface area contributed by atoms with E-state index in [2.05, 4.69) is 11.9 Å². The third-order valence-electron chi connectivity index (χ3n) is 6.94. The van der Waals surface area contributed by atoms with Crippen LogP contribution in [0.15, 0.2) is 66.7 Å². The molecule has 3 heterocycles. The maximum atomic E-state index is 14.1. The van der Waals surface area contributed by atoms with Crippen LogP contribution in [0.2, 0.25) is 0 Å². The summed E-state index contributed by atoms with van der Waals surface area (Å²) in [6.07, 6.45) is 2.71. The highest BCUT2D eigenvalue weighted by molar-refractivity contribution is 7.98. The summed E-state index contributed by atoms with van der Waals surface area (Å²) in [6, 6.07) is 16.4. The smallest absolute Gasteiger partial charge is 0.253 e. The van der Waals surface area contributed by atoms with Gasteiger partial charge in [0.2, 0.25) is 11.8 Å². The highest BCUT2D eigenvalue weighted by atomic mass is 32.2. The quantitative estimate of drug-likeness (QED) is 0.528. The molecule has 1 spiro atoms. The normalized spacial score (nSPS) is 28.1. The molecule has 2 fully saturated rings. The Labute approximate surface area is 198 Å². The third kappa shape index (κ3) is 3.09. The molecule has 0 unspecified atom stereocenters. The van der Waals surface area contributed by atoms with E-state index in [-0.39, 0.29) is 23.8 Å². The van der Waals surface area contributed by atoms with Gasteiger partial charge in [0.1, 0.15) is 5.54 Å². The topological polar surface area (TPSA) is 69.7 Å². The van der Waals surface area contributed by atoms with E-state index in [0.29, 0.717) is 18.7 Å². The van der Waals surface area contributed by atoms with Gasteiger partial charge in [-0.25, -0.2) is 4.90 Å². The molecule has 4 atom stereocenters. The van der Waals surface area contributed by atoms with Crippen molar-refractivity contribution >= 4 is 40.9 Å². The first kappa shape index (κ1) is 21.9. The number of para-hydroxylation sites is 2. The van der Waals surface area contributed by atoms with E-state index in [9.17, 15) is 14.4 Å². The van der Waals surface area contributed by atoms with Gasteiger partial charge in [0, 0.05) is 23.8 Å². The molecule has 0 aliphatic carbocycles. The number of amides is 3. The predicted octanol–water partition coefficient (Wildman–Crippen LogP) is 3.34. The summed E-state index contributed by atoms with van der Waals surface area (Å²) in [6.45, 7) is 6.25. The van der Waals surface area contributed by atoms with Crippen LogP contribution in [0.25, 0.3) is 0 Å². The number of benzene rings is 2. The van der Waals surface area contributed by atoms with Crippen LogP contribution in [0.3, 0.4) is 0 Å². The largest absolute Gasteiger partial charge is 0.306 e. The van der Waals surface area contributed by atoms with Crippen LogP contribution < -0.4 is 15.1 Å². The summed E-state index contributed by atoms with van der Waals surface area (Å²) >= 11 is 1.69. The SMILES string of the molecule is C=C(C)CN1C(=O)[C@]2(N[C@H](CCSC)[C@H]3C(=O)N(c4ccccc4)C(=O)[C@@H]32)c2ccccc21. The average Bonchev–Trinajstić information content (AvgIpc) is 3.37. The van der Waals surface area contributed by atoms with Gasteiger partial charge >= 0.3 is 0 Å². The molecule has 3 amide bonds. The molecule has 2 aromatic carbocycles. The second-order valence-electron chi connectivity index (χ2n) is 9.06. The van der Waals surface area contributed by atoms with Crippen molar-refractivity contribution in [3.05, 3.63) is 72.3 Å². The van der Waals surface area contributed by atoms with Crippen molar-refractivity contribution in [2.24, 2.45) is 11.8 Å². The van der Waals surface area contributed by atoms with Crippen LogP contribution in [0.4, 0.5) is 11.4 Å². The van der Waals surface area contributed by atoms with E-state index >= 15 is 0 Å². The maximum Gasteiger partial charge on any atom is 0.253 e. The summed E-state index contributed by atoms with van der Waals surface area (Å²) in [5.41, 5.74) is 1.70. The van der Waals surface area contributed by atoms with Gasteiger partial charge in [-0.15, -0.1) is 0 Å². The zero-order chi connectivity index (χ0) is 23.3. The molecule has 6 nitrogen and oxygen atoms in total. The zero-order valence-corrected chi connectivity index (χ0v) is 19.6. The van der Waals surface area contributed by atoms with E-state index in [1.807, 2.05) is 55.6 Å². The van der Waals surface area contributed by atoms with Gasteiger partial charge in [-0.1, -0.05) is 48.6 Å². The van der Waals surface area contributed by atoms with Crippen molar-refractivity contribution in [2.75, 3.05) is 28.4 Å². The minimum Gasteiger partial charge on any atom is -0.306 e. The fourth-order valence-electron chi connectivity index (χ4n) is 5.70. The zero-order valence-electron chi connectivity index (χ0n) is 18.8. The standard InChI is InChI=1S/C26H27N3O3S/c1-16(2)15-28-20-12-8-7-11-18(20)26(25(28)32)22-21(19(27-26)13-14-33-3)23(30)29(24(22)31)17-9-5-4-6-10-17/h4-12,19,21-22,27H,1,13-15H2,2-3H3/t19-,21-,22-,26+/m1/s1. The Morgan fingerprint density at radius 1 is 1.06 bits per heavy atom. The molecular formula is C26H27N3O3S. The highest BCUT2D eigenvalue weighted by Gasteiger charge is 2.71. The monoisotopic (exact) mass is 461 g/mol. The second-order valence-corrected chi connectivity index (χ2v) is 10.0. The Kier molecular flexibility index (Phi) is 5.41. The first-order valence-corrected chi connectivity index (χ1v) is 12.6. The van der Waals surface area contributed by atoms with E-state index in [0.717, 1.165) is 22.6 Å². The Morgan fingerprint density at radius 3 is 2.45 bits per heavy atom. The molecule has 5 rings (SSSR count). The molecule has 2 aromatic rings. The highest BCUT2D eigenvalue weighted by Crippen LogP contribution is 2.55. The first-order valence-electron chi connectivity index (χ1n) is 11.2. The van der Waals surface area contributed by atoms with Crippen molar-refractivity contribution < 1.29 is 14.4 Å². The van der Waals surface area contributed by atoms with Crippen LogP contribution in [0.1, 0.15) is 18.9 Å². The molecular weight excluding hydrogens is 434 g/mol. The van der Waals surface area contributed by atoms with Gasteiger partial charge < -0.3 is 4.90 Å². The molecule has 0 bridgehead atoms. The van der Waals surface area contributed by atoms with E-state index < -0.39 is 17.4 Å². The number of hydrogen-bond donors (Lipinski definition) is 1. The fraction of sp³-hybridized carbons (Fsp3) is 0.346. The maximum absolute atomic E-state index is 14.1. The molecule has 170 valence electrons. The number of thioether (sulfide) groups is 1. The van der Waals surface area contributed by atoms with Crippen LogP contribution in [0, 0.1) is 11.8 Å². The Bertz CT molecular complexity index is 1150. The number of nitrogens with zero attached hydrogens (tertiary/aromatic N) is 2. The second kappa shape index (κ2) is 8.15. The van der Waals surface area contributed by atoms with E-state index in [1.165, 1.54) is 4.90 Å². The van der Waals surface area contributed by atoms with E-state index in [1.54, 1.807) is 28.8 Å². The lowest BCUT2D eigenvalue weighted by Gasteiger charge is -2.30. The number of hydrogen-bond acceptors (Lipinski definition) is 5. The van der Waals surface area contributed by atoms with Crippen LogP contribution in [0.5, 0.6) is 0 Å². The molecule has 1 N–H and O–H groups in total. The number of rotatable bonds is 6. The third-order valence-corrected chi connectivity index (χ3v) is 7.59. The van der Waals surface area contributed by atoms with E-state index in [4.69, 9.17) is 0 Å². The first-order chi connectivity index (χ1) is 15.9. The predicted molar refractivity (Wildman–Crippen MR) is 131 cm³/mol. The van der Waals surface area contributed by atoms with Crippen LogP contribution >= 0.6 is 11.8 Å².